The van der Waals surface area contributed by atoms with Crippen LogP contribution in [0.25, 0.3) is 0 Å². The summed E-state index contributed by atoms with van der Waals surface area (Å²) >= 11 is 3.25. The summed E-state index contributed by atoms with van der Waals surface area (Å²) < 4.78 is 0. The van der Waals surface area contributed by atoms with Gasteiger partial charge >= 0.3 is 0 Å². The van der Waals surface area contributed by atoms with Crippen LogP contribution in [0.2, 0.25) is 0 Å². The second-order valence-corrected chi connectivity index (χ2v) is 5.08. The Morgan fingerprint density at radius 3 is 2.38 bits per heavy atom. The third-order valence-electron chi connectivity index (χ3n) is 2.17. The topological polar surface area (TPSA) is 17.1 Å². The maximum absolute atomic E-state index is 12.1. The standard InChI is InChI=1S/C13H16OS2/c1-10-4-6-11(7-5-10)13(14)12(8-15-2)9-16-3/h4-8H,9H2,1-3H3/b12-8+. The highest BCUT2D eigenvalue weighted by Gasteiger charge is 2.10. The lowest BCUT2D eigenvalue weighted by Gasteiger charge is -2.05. The first-order valence-electron chi connectivity index (χ1n) is 5.01. The number of Topliss-reactive ketones (excluding diaryl/α,β-unsaturated/α-hetero) is 1. The van der Waals surface area contributed by atoms with Crippen molar-refractivity contribution in [3.63, 3.8) is 0 Å². The molecule has 0 amide bonds. The first kappa shape index (κ1) is 13.4. The molecule has 0 spiro atoms. The summed E-state index contributed by atoms with van der Waals surface area (Å²) in [4.78, 5) is 12.1. The van der Waals surface area contributed by atoms with Crippen molar-refractivity contribution < 1.29 is 4.79 Å². The first-order chi connectivity index (χ1) is 7.69. The highest BCUT2D eigenvalue weighted by molar-refractivity contribution is 8.01. The molecule has 86 valence electrons. The van der Waals surface area contributed by atoms with E-state index in [1.54, 1.807) is 23.5 Å². The molecule has 0 aliphatic carbocycles. The molecule has 0 aromatic heterocycles. The van der Waals surface area contributed by atoms with E-state index in [9.17, 15) is 4.79 Å². The molecule has 16 heavy (non-hydrogen) atoms. The van der Waals surface area contributed by atoms with Crippen LogP contribution in [-0.2, 0) is 0 Å². The highest BCUT2D eigenvalue weighted by atomic mass is 32.2. The Morgan fingerprint density at radius 2 is 1.88 bits per heavy atom. The number of aryl methyl sites for hydroxylation is 1. The van der Waals surface area contributed by atoms with E-state index in [0.717, 1.165) is 16.9 Å². The Balaban J connectivity index is 2.90. The molecule has 0 radical (unpaired) electrons. The van der Waals surface area contributed by atoms with E-state index in [0.29, 0.717) is 0 Å². The van der Waals surface area contributed by atoms with Gasteiger partial charge in [0.15, 0.2) is 5.78 Å². The maximum atomic E-state index is 12.1. The van der Waals surface area contributed by atoms with Gasteiger partial charge in [-0.3, -0.25) is 4.79 Å². The quantitative estimate of drug-likeness (QED) is 0.586. The van der Waals surface area contributed by atoms with Crippen molar-refractivity contribution >= 4 is 29.3 Å². The van der Waals surface area contributed by atoms with E-state index in [4.69, 9.17) is 0 Å². The van der Waals surface area contributed by atoms with Crippen molar-refractivity contribution in [2.24, 2.45) is 0 Å². The van der Waals surface area contributed by atoms with Crippen molar-refractivity contribution in [3.05, 3.63) is 46.4 Å². The molecule has 0 unspecified atom stereocenters. The number of hydrogen-bond acceptors (Lipinski definition) is 3. The summed E-state index contributed by atoms with van der Waals surface area (Å²) in [7, 11) is 0. The molecule has 1 rings (SSSR count). The second-order valence-electron chi connectivity index (χ2n) is 3.51. The first-order valence-corrected chi connectivity index (χ1v) is 7.69. The van der Waals surface area contributed by atoms with E-state index < -0.39 is 0 Å². The van der Waals surface area contributed by atoms with Crippen LogP contribution in [0.4, 0.5) is 0 Å². The molecule has 0 bridgehead atoms. The van der Waals surface area contributed by atoms with Gasteiger partial charge in [-0.1, -0.05) is 29.8 Å². The lowest BCUT2D eigenvalue weighted by molar-refractivity contribution is 0.103. The number of carbonyl (C=O) groups excluding carboxylic acids is 1. The minimum absolute atomic E-state index is 0.142. The third-order valence-corrected chi connectivity index (χ3v) is 3.29. The van der Waals surface area contributed by atoms with E-state index in [1.165, 1.54) is 5.56 Å². The smallest absolute Gasteiger partial charge is 0.190 e. The van der Waals surface area contributed by atoms with Crippen LogP contribution in [0, 0.1) is 6.92 Å². The number of carbonyl (C=O) groups is 1. The lowest BCUT2D eigenvalue weighted by Crippen LogP contribution is -2.05. The van der Waals surface area contributed by atoms with Crippen LogP contribution >= 0.6 is 23.5 Å². The van der Waals surface area contributed by atoms with Gasteiger partial charge in [-0.2, -0.15) is 11.8 Å². The minimum Gasteiger partial charge on any atom is -0.289 e. The molecule has 0 heterocycles. The predicted octanol–water partition coefficient (Wildman–Crippen LogP) is 3.79. The fraction of sp³-hybridized carbons (Fsp3) is 0.308. The minimum atomic E-state index is 0.142. The molecule has 1 aromatic carbocycles. The highest BCUT2D eigenvalue weighted by Crippen LogP contribution is 2.16. The normalized spacial score (nSPS) is 11.6. The molecule has 1 nitrogen and oxygen atoms in total. The van der Waals surface area contributed by atoms with Gasteiger partial charge < -0.3 is 0 Å². The molecule has 0 aliphatic heterocycles. The Labute approximate surface area is 106 Å². The van der Waals surface area contributed by atoms with E-state index in [1.807, 2.05) is 49.1 Å². The summed E-state index contributed by atoms with van der Waals surface area (Å²) in [5.74, 6) is 0.914. The molecule has 0 N–H and O–H groups in total. The van der Waals surface area contributed by atoms with Crippen molar-refractivity contribution in [1.82, 2.24) is 0 Å². The number of benzene rings is 1. The molecule has 0 saturated heterocycles. The monoisotopic (exact) mass is 252 g/mol. The number of thioether (sulfide) groups is 2. The fourth-order valence-electron chi connectivity index (χ4n) is 1.34. The van der Waals surface area contributed by atoms with Gasteiger partial charge in [0, 0.05) is 16.9 Å². The van der Waals surface area contributed by atoms with Crippen LogP contribution in [0.5, 0.6) is 0 Å². The zero-order chi connectivity index (χ0) is 12.0. The molecule has 1 aromatic rings. The average Bonchev–Trinajstić information content (AvgIpc) is 2.29. The molecule has 0 saturated carbocycles. The molecular weight excluding hydrogens is 236 g/mol. The summed E-state index contributed by atoms with van der Waals surface area (Å²) in [6.45, 7) is 2.02. The largest absolute Gasteiger partial charge is 0.289 e. The van der Waals surface area contributed by atoms with Gasteiger partial charge in [-0.15, -0.1) is 11.8 Å². The Morgan fingerprint density at radius 1 is 1.25 bits per heavy atom. The van der Waals surface area contributed by atoms with Crippen LogP contribution in [0.15, 0.2) is 35.2 Å². The van der Waals surface area contributed by atoms with Crippen molar-refractivity contribution in [1.29, 1.82) is 0 Å². The van der Waals surface area contributed by atoms with Crippen LogP contribution in [0.1, 0.15) is 15.9 Å². The summed E-state index contributed by atoms with van der Waals surface area (Å²) in [5.41, 5.74) is 2.83. The second kappa shape index (κ2) is 6.81. The Kier molecular flexibility index (Phi) is 5.71. The maximum Gasteiger partial charge on any atom is 0.190 e. The number of ketones is 1. The van der Waals surface area contributed by atoms with Crippen LogP contribution in [-0.4, -0.2) is 24.0 Å². The predicted molar refractivity (Wildman–Crippen MR) is 75.5 cm³/mol. The number of rotatable bonds is 5. The van der Waals surface area contributed by atoms with Gasteiger partial charge in [0.2, 0.25) is 0 Å². The van der Waals surface area contributed by atoms with Gasteiger partial charge in [0.05, 0.1) is 0 Å². The molecule has 3 heteroatoms. The van der Waals surface area contributed by atoms with Crippen molar-refractivity contribution in [2.45, 2.75) is 6.92 Å². The number of hydrogen-bond donors (Lipinski definition) is 0. The van der Waals surface area contributed by atoms with Gasteiger partial charge in [0.25, 0.3) is 0 Å². The fourth-order valence-corrected chi connectivity index (χ4v) is 2.45. The Hall–Kier alpha value is -0.670. The zero-order valence-electron chi connectivity index (χ0n) is 9.82. The lowest BCUT2D eigenvalue weighted by atomic mass is 10.0. The third kappa shape index (κ3) is 3.72. The van der Waals surface area contributed by atoms with E-state index in [-0.39, 0.29) is 5.78 Å². The van der Waals surface area contributed by atoms with Gasteiger partial charge in [0.1, 0.15) is 0 Å². The molecular formula is C13H16OS2. The van der Waals surface area contributed by atoms with Crippen molar-refractivity contribution in [2.75, 3.05) is 18.3 Å². The van der Waals surface area contributed by atoms with E-state index >= 15 is 0 Å². The van der Waals surface area contributed by atoms with Gasteiger partial charge in [-0.25, -0.2) is 0 Å². The SMILES string of the molecule is CS/C=C(\CSC)C(=O)c1ccc(C)cc1. The zero-order valence-corrected chi connectivity index (χ0v) is 11.5. The summed E-state index contributed by atoms with van der Waals surface area (Å²) in [5, 5.41) is 1.94. The summed E-state index contributed by atoms with van der Waals surface area (Å²) in [6.07, 6.45) is 3.99. The van der Waals surface area contributed by atoms with Crippen molar-refractivity contribution in [3.8, 4) is 0 Å². The molecule has 0 atom stereocenters. The summed E-state index contributed by atoms with van der Waals surface area (Å²) in [6, 6.07) is 7.74. The molecule has 0 fully saturated rings. The van der Waals surface area contributed by atoms with Crippen LogP contribution in [0.3, 0.4) is 0 Å². The van der Waals surface area contributed by atoms with Gasteiger partial charge in [-0.05, 0) is 24.8 Å². The van der Waals surface area contributed by atoms with Crippen LogP contribution < -0.4 is 0 Å². The average molecular weight is 252 g/mol. The van der Waals surface area contributed by atoms with E-state index in [2.05, 4.69) is 0 Å². The Bertz CT molecular complexity index is 379. The molecule has 0 aliphatic rings.